The lowest BCUT2D eigenvalue weighted by molar-refractivity contribution is 0.414. The van der Waals surface area contributed by atoms with Crippen LogP contribution in [-0.2, 0) is 10.0 Å². The van der Waals surface area contributed by atoms with Crippen molar-refractivity contribution in [1.29, 1.82) is 0 Å². The van der Waals surface area contributed by atoms with E-state index in [1.807, 2.05) is 0 Å². The van der Waals surface area contributed by atoms with Gasteiger partial charge in [-0.25, -0.2) is 8.42 Å². The van der Waals surface area contributed by atoms with Crippen LogP contribution in [0.4, 0.5) is 0 Å². The molecule has 19 heavy (non-hydrogen) atoms. The summed E-state index contributed by atoms with van der Waals surface area (Å²) in [6.45, 7) is 1.15. The standard InChI is InChI=1S/C13H18ClNO3S/c1-18-12-2-4-13(5-3-12)19(16,17)15-9-7-11(10-15)6-8-14/h2-5,11H,6-10H2,1H3. The van der Waals surface area contributed by atoms with Crippen molar-refractivity contribution < 1.29 is 13.2 Å². The van der Waals surface area contributed by atoms with E-state index in [9.17, 15) is 8.42 Å². The molecule has 0 aromatic heterocycles. The zero-order valence-corrected chi connectivity index (χ0v) is 12.5. The van der Waals surface area contributed by atoms with Gasteiger partial charge in [-0.2, -0.15) is 4.31 Å². The topological polar surface area (TPSA) is 46.6 Å². The van der Waals surface area contributed by atoms with Crippen LogP contribution in [0.15, 0.2) is 29.2 Å². The normalized spacial score (nSPS) is 20.6. The van der Waals surface area contributed by atoms with Crippen molar-refractivity contribution in [2.24, 2.45) is 5.92 Å². The van der Waals surface area contributed by atoms with Gasteiger partial charge in [-0.05, 0) is 43.0 Å². The summed E-state index contributed by atoms with van der Waals surface area (Å²) in [5, 5.41) is 0. The average Bonchev–Trinajstić information content (AvgIpc) is 2.89. The van der Waals surface area contributed by atoms with Gasteiger partial charge in [0.05, 0.1) is 12.0 Å². The van der Waals surface area contributed by atoms with Gasteiger partial charge in [0.2, 0.25) is 10.0 Å². The quantitative estimate of drug-likeness (QED) is 0.784. The molecule has 106 valence electrons. The summed E-state index contributed by atoms with van der Waals surface area (Å²) >= 11 is 5.71. The molecule has 0 radical (unpaired) electrons. The zero-order chi connectivity index (χ0) is 13.9. The Hall–Kier alpha value is -0.780. The fourth-order valence-corrected chi connectivity index (χ4v) is 4.14. The highest BCUT2D eigenvalue weighted by Gasteiger charge is 2.32. The van der Waals surface area contributed by atoms with Crippen molar-refractivity contribution in [1.82, 2.24) is 4.31 Å². The Morgan fingerprint density at radius 1 is 1.37 bits per heavy atom. The first-order valence-electron chi connectivity index (χ1n) is 6.28. The highest BCUT2D eigenvalue weighted by atomic mass is 35.5. The Morgan fingerprint density at radius 2 is 2.05 bits per heavy atom. The first-order valence-corrected chi connectivity index (χ1v) is 8.25. The summed E-state index contributed by atoms with van der Waals surface area (Å²) in [6, 6.07) is 6.50. The smallest absolute Gasteiger partial charge is 0.243 e. The van der Waals surface area contributed by atoms with Crippen molar-refractivity contribution in [3.63, 3.8) is 0 Å². The molecule has 1 aromatic carbocycles. The molecular formula is C13H18ClNO3S. The van der Waals surface area contributed by atoms with E-state index in [1.165, 1.54) is 0 Å². The van der Waals surface area contributed by atoms with Crippen LogP contribution in [0, 0.1) is 5.92 Å². The fraction of sp³-hybridized carbons (Fsp3) is 0.538. The van der Waals surface area contributed by atoms with E-state index in [2.05, 4.69) is 0 Å². The Bertz CT molecular complexity index is 515. The van der Waals surface area contributed by atoms with E-state index in [1.54, 1.807) is 35.7 Å². The van der Waals surface area contributed by atoms with Crippen molar-refractivity contribution in [3.05, 3.63) is 24.3 Å². The van der Waals surface area contributed by atoms with E-state index < -0.39 is 10.0 Å². The van der Waals surface area contributed by atoms with E-state index >= 15 is 0 Å². The van der Waals surface area contributed by atoms with Crippen LogP contribution in [0.1, 0.15) is 12.8 Å². The first-order chi connectivity index (χ1) is 9.07. The summed E-state index contributed by atoms with van der Waals surface area (Å²) in [7, 11) is -1.82. The molecule has 1 saturated heterocycles. The van der Waals surface area contributed by atoms with Gasteiger partial charge >= 0.3 is 0 Å². The molecule has 1 atom stereocenters. The minimum absolute atomic E-state index is 0.319. The van der Waals surface area contributed by atoms with Gasteiger partial charge in [0.15, 0.2) is 0 Å². The van der Waals surface area contributed by atoms with Gasteiger partial charge in [-0.1, -0.05) is 0 Å². The van der Waals surface area contributed by atoms with Crippen LogP contribution in [0.25, 0.3) is 0 Å². The molecule has 4 nitrogen and oxygen atoms in total. The largest absolute Gasteiger partial charge is 0.497 e. The number of ether oxygens (including phenoxy) is 1. The Balaban J connectivity index is 2.13. The summed E-state index contributed by atoms with van der Waals surface area (Å²) in [6.07, 6.45) is 1.76. The van der Waals surface area contributed by atoms with Gasteiger partial charge in [-0.15, -0.1) is 11.6 Å². The van der Waals surface area contributed by atoms with E-state index in [4.69, 9.17) is 16.3 Å². The van der Waals surface area contributed by atoms with Gasteiger partial charge in [0.1, 0.15) is 5.75 Å². The number of alkyl halides is 1. The van der Waals surface area contributed by atoms with Crippen LogP contribution < -0.4 is 4.74 Å². The second-order valence-corrected chi connectivity index (χ2v) is 6.99. The van der Waals surface area contributed by atoms with Crippen molar-refractivity contribution in [2.45, 2.75) is 17.7 Å². The fourth-order valence-electron chi connectivity index (χ4n) is 2.30. The molecule has 1 aliphatic heterocycles. The Kier molecular flexibility index (Phi) is 4.71. The number of hydrogen-bond donors (Lipinski definition) is 0. The second kappa shape index (κ2) is 6.11. The van der Waals surface area contributed by atoms with Gasteiger partial charge in [0, 0.05) is 19.0 Å². The first kappa shape index (κ1) is 14.6. The predicted octanol–water partition coefficient (Wildman–Crippen LogP) is 2.33. The lowest BCUT2D eigenvalue weighted by atomic mass is 10.1. The van der Waals surface area contributed by atoms with Gasteiger partial charge in [0.25, 0.3) is 0 Å². The minimum Gasteiger partial charge on any atom is -0.497 e. The molecule has 0 aliphatic carbocycles. The molecule has 2 rings (SSSR count). The van der Waals surface area contributed by atoms with Crippen LogP contribution in [0.3, 0.4) is 0 Å². The van der Waals surface area contributed by atoms with Crippen LogP contribution in [-0.4, -0.2) is 38.8 Å². The van der Waals surface area contributed by atoms with Crippen molar-refractivity contribution >= 4 is 21.6 Å². The number of hydrogen-bond acceptors (Lipinski definition) is 3. The summed E-state index contributed by atoms with van der Waals surface area (Å²) in [5.74, 6) is 1.62. The molecule has 0 spiro atoms. The molecule has 1 aliphatic rings. The van der Waals surface area contributed by atoms with Gasteiger partial charge < -0.3 is 4.74 Å². The van der Waals surface area contributed by atoms with Crippen molar-refractivity contribution in [3.8, 4) is 5.75 Å². The molecule has 0 N–H and O–H groups in total. The van der Waals surface area contributed by atoms with E-state index in [0.29, 0.717) is 35.5 Å². The molecule has 0 bridgehead atoms. The predicted molar refractivity (Wildman–Crippen MR) is 75.2 cm³/mol. The maximum Gasteiger partial charge on any atom is 0.243 e. The molecule has 1 aromatic rings. The third kappa shape index (κ3) is 3.22. The van der Waals surface area contributed by atoms with Gasteiger partial charge in [-0.3, -0.25) is 0 Å². The van der Waals surface area contributed by atoms with Crippen LogP contribution in [0.2, 0.25) is 0 Å². The Morgan fingerprint density at radius 3 is 2.63 bits per heavy atom. The molecule has 6 heteroatoms. The maximum absolute atomic E-state index is 12.4. The monoisotopic (exact) mass is 303 g/mol. The number of sulfonamides is 1. The summed E-state index contributed by atoms with van der Waals surface area (Å²) < 4.78 is 31.5. The summed E-state index contributed by atoms with van der Waals surface area (Å²) in [5.41, 5.74) is 0. The number of benzene rings is 1. The zero-order valence-electron chi connectivity index (χ0n) is 10.9. The van der Waals surface area contributed by atoms with E-state index in [-0.39, 0.29) is 0 Å². The lowest BCUT2D eigenvalue weighted by Gasteiger charge is -2.16. The number of rotatable bonds is 5. The molecular weight excluding hydrogens is 286 g/mol. The van der Waals surface area contributed by atoms with Crippen LogP contribution in [0.5, 0.6) is 5.75 Å². The minimum atomic E-state index is -3.38. The molecule has 1 heterocycles. The molecule has 1 fully saturated rings. The second-order valence-electron chi connectivity index (χ2n) is 4.67. The number of methoxy groups -OCH3 is 1. The third-order valence-electron chi connectivity index (χ3n) is 3.46. The maximum atomic E-state index is 12.4. The van der Waals surface area contributed by atoms with Crippen molar-refractivity contribution in [2.75, 3.05) is 26.1 Å². The highest BCUT2D eigenvalue weighted by Crippen LogP contribution is 2.27. The number of halogens is 1. The van der Waals surface area contributed by atoms with E-state index in [0.717, 1.165) is 12.8 Å². The summed E-state index contributed by atoms with van der Waals surface area (Å²) in [4.78, 5) is 0.319. The third-order valence-corrected chi connectivity index (χ3v) is 5.56. The molecule has 0 amide bonds. The van der Waals surface area contributed by atoms with Crippen LogP contribution >= 0.6 is 11.6 Å². The average molecular weight is 304 g/mol. The Labute approximate surface area is 119 Å². The highest BCUT2D eigenvalue weighted by molar-refractivity contribution is 7.89. The molecule has 1 unspecified atom stereocenters. The number of nitrogens with zero attached hydrogens (tertiary/aromatic N) is 1. The molecule has 0 saturated carbocycles. The SMILES string of the molecule is COc1ccc(S(=O)(=O)N2CCC(CCCl)C2)cc1. The lowest BCUT2D eigenvalue weighted by Crippen LogP contribution is -2.28.